The Morgan fingerprint density at radius 3 is 2.62 bits per heavy atom. The summed E-state index contributed by atoms with van der Waals surface area (Å²) in [7, 11) is 0. The maximum Gasteiger partial charge on any atom is 0.248 e. The molecule has 21 heavy (non-hydrogen) atoms. The fraction of sp³-hybridized carbons (Fsp3) is 0. The van der Waals surface area contributed by atoms with Crippen LogP contribution in [0.4, 0.5) is 10.1 Å². The molecule has 1 N–H and O–H groups in total. The van der Waals surface area contributed by atoms with Crippen LogP contribution in [0, 0.1) is 5.82 Å². The number of rotatable bonds is 3. The Kier molecular flexibility index (Phi) is 5.56. The zero-order valence-corrected chi connectivity index (χ0v) is 14.5. The molecule has 0 atom stereocenters. The molecule has 0 radical (unpaired) electrons. The van der Waals surface area contributed by atoms with E-state index in [9.17, 15) is 9.18 Å². The van der Waals surface area contributed by atoms with Crippen LogP contribution in [0.5, 0.6) is 0 Å². The van der Waals surface area contributed by atoms with E-state index in [2.05, 4.69) is 37.2 Å². The van der Waals surface area contributed by atoms with E-state index in [1.165, 1.54) is 18.2 Å². The molecule has 0 unspecified atom stereocenters. The summed E-state index contributed by atoms with van der Waals surface area (Å²) in [6.07, 6.45) is 2.92. The van der Waals surface area contributed by atoms with Crippen molar-refractivity contribution in [1.82, 2.24) is 0 Å². The van der Waals surface area contributed by atoms with Crippen molar-refractivity contribution in [3.8, 4) is 0 Å². The molecule has 0 heterocycles. The number of hydrogen-bond donors (Lipinski definition) is 1. The molecule has 0 aromatic heterocycles. The molecule has 2 aromatic rings. The summed E-state index contributed by atoms with van der Waals surface area (Å²) in [4.78, 5) is 11.8. The third kappa shape index (κ3) is 4.66. The number of benzene rings is 2. The summed E-state index contributed by atoms with van der Waals surface area (Å²) in [6, 6.07) is 9.68. The molecule has 2 nitrogen and oxygen atoms in total. The largest absolute Gasteiger partial charge is 0.321 e. The van der Waals surface area contributed by atoms with Crippen LogP contribution in [0.2, 0.25) is 5.02 Å². The van der Waals surface area contributed by atoms with Crippen molar-refractivity contribution >= 4 is 61.1 Å². The number of amides is 1. The highest BCUT2D eigenvalue weighted by molar-refractivity contribution is 9.11. The molecule has 0 spiro atoms. The summed E-state index contributed by atoms with van der Waals surface area (Å²) in [5, 5.41) is 2.75. The predicted octanol–water partition coefficient (Wildman–Crippen LogP) is 5.66. The quantitative estimate of drug-likeness (QED) is 0.622. The molecule has 6 heteroatoms. The molecule has 0 saturated heterocycles. The number of hydrogen-bond acceptors (Lipinski definition) is 1. The van der Waals surface area contributed by atoms with Crippen LogP contribution < -0.4 is 5.32 Å². The van der Waals surface area contributed by atoms with E-state index in [1.807, 2.05) is 12.1 Å². The monoisotopic (exact) mass is 431 g/mol. The molecular weight excluding hydrogens is 424 g/mol. The standard InChI is InChI=1S/C15H9Br2ClFNO/c16-10-3-5-14(11(17)8-10)20-15(21)6-2-9-1-4-13(19)12(18)7-9/h1-8H,(H,20,21)/b6-2+. The first-order valence-electron chi connectivity index (χ1n) is 5.85. The van der Waals surface area contributed by atoms with E-state index in [4.69, 9.17) is 11.6 Å². The van der Waals surface area contributed by atoms with Gasteiger partial charge in [0.15, 0.2) is 0 Å². The van der Waals surface area contributed by atoms with Gasteiger partial charge in [-0.1, -0.05) is 33.6 Å². The van der Waals surface area contributed by atoms with Gasteiger partial charge < -0.3 is 5.32 Å². The molecule has 0 bridgehead atoms. The average Bonchev–Trinajstić information content (AvgIpc) is 2.43. The fourth-order valence-corrected chi connectivity index (χ4v) is 2.89. The van der Waals surface area contributed by atoms with Gasteiger partial charge in [0.05, 0.1) is 10.7 Å². The first-order valence-corrected chi connectivity index (χ1v) is 7.81. The number of halogens is 4. The van der Waals surface area contributed by atoms with Crippen LogP contribution in [-0.4, -0.2) is 5.91 Å². The van der Waals surface area contributed by atoms with Crippen molar-refractivity contribution < 1.29 is 9.18 Å². The first-order chi connectivity index (χ1) is 9.95. The molecule has 0 aliphatic rings. The third-order valence-electron chi connectivity index (χ3n) is 2.56. The molecule has 0 aliphatic carbocycles. The lowest BCUT2D eigenvalue weighted by Gasteiger charge is -2.05. The minimum atomic E-state index is -0.489. The van der Waals surface area contributed by atoms with Gasteiger partial charge in [-0.3, -0.25) is 4.79 Å². The van der Waals surface area contributed by atoms with Crippen LogP contribution in [0.25, 0.3) is 6.08 Å². The molecule has 0 aliphatic heterocycles. The van der Waals surface area contributed by atoms with Gasteiger partial charge in [-0.2, -0.15) is 0 Å². The first kappa shape index (κ1) is 16.2. The van der Waals surface area contributed by atoms with Gasteiger partial charge in [-0.25, -0.2) is 4.39 Å². The second-order valence-electron chi connectivity index (χ2n) is 4.12. The molecule has 108 valence electrons. The van der Waals surface area contributed by atoms with Crippen LogP contribution in [0.15, 0.2) is 51.4 Å². The number of anilines is 1. The predicted molar refractivity (Wildman–Crippen MR) is 90.9 cm³/mol. The molecule has 2 aromatic carbocycles. The molecule has 0 fully saturated rings. The zero-order chi connectivity index (χ0) is 15.4. The average molecular weight is 434 g/mol. The van der Waals surface area contributed by atoms with Gasteiger partial charge in [0.2, 0.25) is 5.91 Å². The van der Waals surface area contributed by atoms with E-state index in [0.29, 0.717) is 11.3 Å². The van der Waals surface area contributed by atoms with E-state index in [1.54, 1.807) is 18.2 Å². The van der Waals surface area contributed by atoms with Gasteiger partial charge in [-0.15, -0.1) is 0 Å². The number of nitrogens with one attached hydrogen (secondary N) is 1. The smallest absolute Gasteiger partial charge is 0.248 e. The Hall–Kier alpha value is -1.17. The highest BCUT2D eigenvalue weighted by atomic mass is 79.9. The van der Waals surface area contributed by atoms with Crippen molar-refractivity contribution in [3.63, 3.8) is 0 Å². The lowest BCUT2D eigenvalue weighted by Crippen LogP contribution is -2.08. The van der Waals surface area contributed by atoms with Crippen molar-refractivity contribution in [2.75, 3.05) is 5.32 Å². The van der Waals surface area contributed by atoms with Gasteiger partial charge in [0.1, 0.15) is 5.82 Å². The summed E-state index contributed by atoms with van der Waals surface area (Å²) in [6.45, 7) is 0. The third-order valence-corrected chi connectivity index (χ3v) is 4.00. The van der Waals surface area contributed by atoms with Crippen LogP contribution in [-0.2, 0) is 4.79 Å². The van der Waals surface area contributed by atoms with Crippen molar-refractivity contribution in [2.45, 2.75) is 0 Å². The van der Waals surface area contributed by atoms with Crippen molar-refractivity contribution in [3.05, 3.63) is 67.8 Å². The maximum atomic E-state index is 13.0. The highest BCUT2D eigenvalue weighted by Gasteiger charge is 2.04. The lowest BCUT2D eigenvalue weighted by atomic mass is 10.2. The van der Waals surface area contributed by atoms with E-state index >= 15 is 0 Å². The van der Waals surface area contributed by atoms with E-state index < -0.39 is 5.82 Å². The zero-order valence-electron chi connectivity index (χ0n) is 10.5. The van der Waals surface area contributed by atoms with Gasteiger partial charge in [-0.05, 0) is 57.9 Å². The second-order valence-corrected chi connectivity index (χ2v) is 6.30. The molecular formula is C15H9Br2ClFNO. The fourth-order valence-electron chi connectivity index (χ4n) is 1.55. The number of carbonyl (C=O) groups is 1. The summed E-state index contributed by atoms with van der Waals surface area (Å²) in [5.41, 5.74) is 1.30. The van der Waals surface area contributed by atoms with Crippen molar-refractivity contribution in [2.24, 2.45) is 0 Å². The van der Waals surface area contributed by atoms with Gasteiger partial charge in [0.25, 0.3) is 0 Å². The Balaban J connectivity index is 2.07. The topological polar surface area (TPSA) is 29.1 Å². The van der Waals surface area contributed by atoms with Crippen LogP contribution >= 0.6 is 43.5 Å². The minimum Gasteiger partial charge on any atom is -0.321 e. The Bertz CT molecular complexity index is 719. The maximum absolute atomic E-state index is 13.0. The van der Waals surface area contributed by atoms with E-state index in [0.717, 1.165) is 8.95 Å². The Labute approximate surface area is 143 Å². The van der Waals surface area contributed by atoms with Gasteiger partial charge >= 0.3 is 0 Å². The molecule has 1 amide bonds. The second kappa shape index (κ2) is 7.20. The summed E-state index contributed by atoms with van der Waals surface area (Å²) in [5.74, 6) is -0.782. The summed E-state index contributed by atoms with van der Waals surface area (Å²) >= 11 is 12.4. The van der Waals surface area contributed by atoms with Crippen LogP contribution in [0.3, 0.4) is 0 Å². The summed E-state index contributed by atoms with van der Waals surface area (Å²) < 4.78 is 14.7. The van der Waals surface area contributed by atoms with E-state index in [-0.39, 0.29) is 10.9 Å². The minimum absolute atomic E-state index is 0.0215. The highest BCUT2D eigenvalue weighted by Crippen LogP contribution is 2.26. The van der Waals surface area contributed by atoms with Crippen LogP contribution in [0.1, 0.15) is 5.56 Å². The number of carbonyl (C=O) groups excluding carboxylic acids is 1. The Morgan fingerprint density at radius 2 is 1.95 bits per heavy atom. The normalized spacial score (nSPS) is 10.9. The Morgan fingerprint density at radius 1 is 1.19 bits per heavy atom. The SMILES string of the molecule is O=C(/C=C/c1ccc(F)c(Cl)c1)Nc1ccc(Br)cc1Br. The van der Waals surface area contributed by atoms with Gasteiger partial charge in [0, 0.05) is 15.0 Å². The molecule has 2 rings (SSSR count). The lowest BCUT2D eigenvalue weighted by molar-refractivity contribution is -0.111. The molecule has 0 saturated carbocycles. The van der Waals surface area contributed by atoms with Crippen molar-refractivity contribution in [1.29, 1.82) is 0 Å².